The van der Waals surface area contributed by atoms with Gasteiger partial charge in [0.25, 0.3) is 5.91 Å². The molecule has 1 aromatic carbocycles. The van der Waals surface area contributed by atoms with Crippen LogP contribution in [0.25, 0.3) is 0 Å². The molecule has 1 aromatic rings. The molecule has 0 aromatic heterocycles. The quantitative estimate of drug-likeness (QED) is 0.735. The minimum atomic E-state index is -0.366. The zero-order valence-corrected chi connectivity index (χ0v) is 11.6. The number of carbonyl (C=O) groups is 1. The highest BCUT2D eigenvalue weighted by Gasteiger charge is 2.40. The number of amides is 1. The second-order valence-corrected chi connectivity index (χ2v) is 4.78. The predicted octanol–water partition coefficient (Wildman–Crippen LogP) is 0.635. The molecule has 1 aliphatic rings. The van der Waals surface area contributed by atoms with Crippen LogP contribution in [-0.4, -0.2) is 42.9 Å². The fourth-order valence-corrected chi connectivity index (χ4v) is 2.29. The molecule has 20 heavy (non-hydrogen) atoms. The lowest BCUT2D eigenvalue weighted by molar-refractivity contribution is -0.0300. The lowest BCUT2D eigenvalue weighted by Gasteiger charge is -2.42. The van der Waals surface area contributed by atoms with Gasteiger partial charge >= 0.3 is 0 Å². The summed E-state index contributed by atoms with van der Waals surface area (Å²) in [7, 11) is 1.49. The van der Waals surface area contributed by atoms with E-state index in [9.17, 15) is 9.90 Å². The first-order valence-electron chi connectivity index (χ1n) is 6.61. The van der Waals surface area contributed by atoms with E-state index in [0.29, 0.717) is 12.4 Å². The number of methoxy groups -OCH3 is 1. The largest absolute Gasteiger partial charge is 0.507 e. The first kappa shape index (κ1) is 14.6. The third-order valence-electron chi connectivity index (χ3n) is 3.49. The Labute approximate surface area is 117 Å². The van der Waals surface area contributed by atoms with Gasteiger partial charge in [-0.05, 0) is 25.5 Å². The van der Waals surface area contributed by atoms with Crippen LogP contribution in [0, 0.1) is 0 Å². The van der Waals surface area contributed by atoms with Gasteiger partial charge in [-0.1, -0.05) is 0 Å². The van der Waals surface area contributed by atoms with E-state index in [1.807, 2.05) is 6.92 Å². The molecule has 3 atom stereocenters. The van der Waals surface area contributed by atoms with Gasteiger partial charge in [0.15, 0.2) is 0 Å². The molecule has 1 amide bonds. The second-order valence-electron chi connectivity index (χ2n) is 4.78. The van der Waals surface area contributed by atoms with Gasteiger partial charge in [0.05, 0.1) is 24.8 Å². The maximum Gasteiger partial charge on any atom is 0.255 e. The Balaban J connectivity index is 2.04. The van der Waals surface area contributed by atoms with E-state index >= 15 is 0 Å². The lowest BCUT2D eigenvalue weighted by atomic mass is 9.83. The van der Waals surface area contributed by atoms with Gasteiger partial charge < -0.3 is 25.6 Å². The number of nitrogens with one attached hydrogen (secondary N) is 1. The number of hydrogen-bond donors (Lipinski definition) is 3. The van der Waals surface area contributed by atoms with Gasteiger partial charge in [-0.2, -0.15) is 0 Å². The average molecular weight is 280 g/mol. The maximum atomic E-state index is 12.1. The molecule has 2 rings (SSSR count). The van der Waals surface area contributed by atoms with Gasteiger partial charge in [0.2, 0.25) is 0 Å². The number of phenols is 1. The van der Waals surface area contributed by atoms with Gasteiger partial charge in [-0.15, -0.1) is 0 Å². The molecule has 4 N–H and O–H groups in total. The summed E-state index contributed by atoms with van der Waals surface area (Å²) in [6, 6.07) is 4.20. The Kier molecular flexibility index (Phi) is 4.46. The molecule has 110 valence electrons. The molecular weight excluding hydrogens is 260 g/mol. The van der Waals surface area contributed by atoms with Crippen molar-refractivity contribution in [3.8, 4) is 11.5 Å². The number of aromatic hydroxyl groups is 1. The molecule has 0 bridgehead atoms. The Morgan fingerprint density at radius 3 is 2.85 bits per heavy atom. The van der Waals surface area contributed by atoms with Crippen LogP contribution in [0.2, 0.25) is 0 Å². The van der Waals surface area contributed by atoms with E-state index in [2.05, 4.69) is 5.32 Å². The van der Waals surface area contributed by atoms with Crippen molar-refractivity contribution in [2.24, 2.45) is 5.73 Å². The van der Waals surface area contributed by atoms with Crippen molar-refractivity contribution in [2.45, 2.75) is 31.5 Å². The number of phenolic OH excluding ortho intramolecular Hbond substituents is 1. The molecular formula is C14H20N2O4. The fraction of sp³-hybridized carbons (Fsp3) is 0.500. The first-order valence-corrected chi connectivity index (χ1v) is 6.61. The molecule has 0 aliphatic heterocycles. The summed E-state index contributed by atoms with van der Waals surface area (Å²) in [6.07, 6.45) is 0.673. The smallest absolute Gasteiger partial charge is 0.255 e. The molecule has 1 saturated carbocycles. The average Bonchev–Trinajstić information content (AvgIpc) is 2.44. The maximum absolute atomic E-state index is 12.1. The third kappa shape index (κ3) is 2.86. The molecule has 1 fully saturated rings. The van der Waals surface area contributed by atoms with Crippen LogP contribution in [0.4, 0.5) is 0 Å². The van der Waals surface area contributed by atoms with Crippen LogP contribution in [-0.2, 0) is 4.74 Å². The number of hydrogen-bond acceptors (Lipinski definition) is 5. The predicted molar refractivity (Wildman–Crippen MR) is 73.9 cm³/mol. The highest BCUT2D eigenvalue weighted by molar-refractivity contribution is 5.97. The number of rotatable bonds is 5. The minimum absolute atomic E-state index is 0.0562. The molecule has 6 heteroatoms. The Morgan fingerprint density at radius 1 is 1.55 bits per heavy atom. The van der Waals surface area contributed by atoms with Crippen LogP contribution >= 0.6 is 0 Å². The lowest BCUT2D eigenvalue weighted by Crippen LogP contribution is -2.64. The third-order valence-corrected chi connectivity index (χ3v) is 3.49. The van der Waals surface area contributed by atoms with Crippen molar-refractivity contribution < 1.29 is 19.4 Å². The van der Waals surface area contributed by atoms with Gasteiger partial charge in [0, 0.05) is 18.7 Å². The molecule has 0 heterocycles. The standard InChI is InChI=1S/C14H20N2O4/c1-3-20-12-7-10(15)13(12)16-14(18)9-5-4-8(19-2)6-11(9)17/h4-6,10,12-13,17H,3,7,15H2,1-2H3,(H,16,18). The summed E-state index contributed by atoms with van der Waals surface area (Å²) >= 11 is 0. The fourth-order valence-electron chi connectivity index (χ4n) is 2.29. The summed E-state index contributed by atoms with van der Waals surface area (Å²) in [6.45, 7) is 2.48. The zero-order chi connectivity index (χ0) is 14.7. The van der Waals surface area contributed by atoms with Crippen LogP contribution in [0.5, 0.6) is 11.5 Å². The van der Waals surface area contributed by atoms with E-state index < -0.39 is 0 Å². The van der Waals surface area contributed by atoms with Crippen LogP contribution in [0.3, 0.4) is 0 Å². The second kappa shape index (κ2) is 6.11. The zero-order valence-electron chi connectivity index (χ0n) is 11.6. The number of benzene rings is 1. The normalized spacial score (nSPS) is 24.9. The number of ether oxygens (including phenoxy) is 2. The van der Waals surface area contributed by atoms with E-state index in [1.165, 1.54) is 19.2 Å². The molecule has 1 aliphatic carbocycles. The number of nitrogens with two attached hydrogens (primary N) is 1. The molecule has 6 nitrogen and oxygen atoms in total. The molecule has 0 spiro atoms. The monoisotopic (exact) mass is 280 g/mol. The van der Waals surface area contributed by atoms with Gasteiger partial charge in [0.1, 0.15) is 11.5 Å². The Hall–Kier alpha value is -1.79. The van der Waals surface area contributed by atoms with E-state index in [0.717, 1.165) is 6.42 Å². The van der Waals surface area contributed by atoms with Gasteiger partial charge in [-0.25, -0.2) is 0 Å². The van der Waals surface area contributed by atoms with Crippen molar-refractivity contribution >= 4 is 5.91 Å². The van der Waals surface area contributed by atoms with Crippen molar-refractivity contribution in [1.82, 2.24) is 5.32 Å². The summed E-state index contributed by atoms with van der Waals surface area (Å²) in [4.78, 5) is 12.1. The van der Waals surface area contributed by atoms with Gasteiger partial charge in [-0.3, -0.25) is 4.79 Å². The highest BCUT2D eigenvalue weighted by Crippen LogP contribution is 2.26. The summed E-state index contributed by atoms with van der Waals surface area (Å²) in [5.74, 6) is 0.00398. The van der Waals surface area contributed by atoms with E-state index in [-0.39, 0.29) is 35.4 Å². The minimum Gasteiger partial charge on any atom is -0.507 e. The molecule has 0 saturated heterocycles. The van der Waals surface area contributed by atoms with Crippen molar-refractivity contribution in [1.29, 1.82) is 0 Å². The van der Waals surface area contributed by atoms with Crippen LogP contribution in [0.1, 0.15) is 23.7 Å². The summed E-state index contributed by atoms with van der Waals surface area (Å²) < 4.78 is 10.5. The Morgan fingerprint density at radius 2 is 2.30 bits per heavy atom. The summed E-state index contributed by atoms with van der Waals surface area (Å²) in [5.41, 5.74) is 6.07. The van der Waals surface area contributed by atoms with E-state index in [4.69, 9.17) is 15.2 Å². The topological polar surface area (TPSA) is 93.8 Å². The van der Waals surface area contributed by atoms with Crippen LogP contribution in [0.15, 0.2) is 18.2 Å². The highest BCUT2D eigenvalue weighted by atomic mass is 16.5. The van der Waals surface area contributed by atoms with Crippen molar-refractivity contribution in [3.63, 3.8) is 0 Å². The Bertz CT molecular complexity index is 490. The van der Waals surface area contributed by atoms with Crippen molar-refractivity contribution in [3.05, 3.63) is 23.8 Å². The summed E-state index contributed by atoms with van der Waals surface area (Å²) in [5, 5.41) is 12.6. The molecule has 3 unspecified atom stereocenters. The first-order chi connectivity index (χ1) is 9.56. The number of carbonyl (C=O) groups excluding carboxylic acids is 1. The van der Waals surface area contributed by atoms with E-state index in [1.54, 1.807) is 6.07 Å². The van der Waals surface area contributed by atoms with Crippen molar-refractivity contribution in [2.75, 3.05) is 13.7 Å². The van der Waals surface area contributed by atoms with Crippen LogP contribution < -0.4 is 15.8 Å². The SMILES string of the molecule is CCOC1CC(N)C1NC(=O)c1ccc(OC)cc1O. The molecule has 0 radical (unpaired) electrons.